The number of nitrogens with zero attached hydrogens (tertiary/aromatic N) is 3. The molecule has 1 aliphatic carbocycles. The molecule has 6 nitrogen and oxygen atoms in total. The van der Waals surface area contributed by atoms with E-state index in [-0.39, 0.29) is 28.6 Å². The molecule has 0 saturated heterocycles. The van der Waals surface area contributed by atoms with E-state index in [0.29, 0.717) is 5.16 Å². The Morgan fingerprint density at radius 3 is 2.79 bits per heavy atom. The average molecular weight is 349 g/mol. The van der Waals surface area contributed by atoms with Gasteiger partial charge in [0.2, 0.25) is 11.1 Å². The van der Waals surface area contributed by atoms with Gasteiger partial charge in [-0.05, 0) is 31.9 Å². The van der Waals surface area contributed by atoms with Gasteiger partial charge >= 0.3 is 0 Å². The smallest absolute Gasteiger partial charge is 0.233 e. The monoisotopic (exact) mass is 349 g/mol. The Morgan fingerprint density at radius 2 is 2.08 bits per heavy atom. The van der Waals surface area contributed by atoms with Crippen LogP contribution in [0, 0.1) is 5.82 Å². The molecule has 1 aromatic heterocycles. The number of nitrogens with two attached hydrogens (primary N) is 1. The summed E-state index contributed by atoms with van der Waals surface area (Å²) in [6, 6.07) is 6.51. The molecule has 3 N–H and O–H groups in total. The molecular formula is C16H20FN5OS. The van der Waals surface area contributed by atoms with Gasteiger partial charge in [-0.15, -0.1) is 10.2 Å². The van der Waals surface area contributed by atoms with Crippen molar-refractivity contribution in [3.63, 3.8) is 0 Å². The summed E-state index contributed by atoms with van der Waals surface area (Å²) in [7, 11) is 0. The number of nitrogen functional groups attached to an aromatic ring is 1. The van der Waals surface area contributed by atoms with Gasteiger partial charge in [-0.25, -0.2) is 9.07 Å². The van der Waals surface area contributed by atoms with Crippen molar-refractivity contribution in [1.82, 2.24) is 20.2 Å². The predicted octanol–water partition coefficient (Wildman–Crippen LogP) is 2.34. The summed E-state index contributed by atoms with van der Waals surface area (Å²) >= 11 is 1.21. The molecule has 0 bridgehead atoms. The number of rotatable bonds is 5. The van der Waals surface area contributed by atoms with Crippen LogP contribution in [0.2, 0.25) is 0 Å². The zero-order valence-corrected chi connectivity index (χ0v) is 14.2. The average Bonchev–Trinajstić information content (AvgIpc) is 3.19. The fourth-order valence-corrected chi connectivity index (χ4v) is 3.56. The minimum atomic E-state index is -0.417. The number of carbonyl (C=O) groups is 1. The van der Waals surface area contributed by atoms with Crippen LogP contribution < -0.4 is 11.2 Å². The lowest BCUT2D eigenvalue weighted by Gasteiger charge is -2.15. The van der Waals surface area contributed by atoms with Crippen LogP contribution in [0.4, 0.5) is 4.39 Å². The number of hydrogen-bond acceptors (Lipinski definition) is 5. The number of aromatic nitrogens is 3. The molecule has 128 valence electrons. The summed E-state index contributed by atoms with van der Waals surface area (Å²) < 4.78 is 15.1. The minimum Gasteiger partial charge on any atom is -0.352 e. The van der Waals surface area contributed by atoms with Crippen LogP contribution in [0.25, 0.3) is 11.4 Å². The lowest BCUT2D eigenvalue weighted by atomic mass is 10.2. The minimum absolute atomic E-state index is 0.0395. The second-order valence-corrected chi connectivity index (χ2v) is 7.21. The summed E-state index contributed by atoms with van der Waals surface area (Å²) in [5.41, 5.74) is 0.280. The highest BCUT2D eigenvalue weighted by Gasteiger charge is 2.24. The van der Waals surface area contributed by atoms with Gasteiger partial charge in [-0.2, -0.15) is 0 Å². The summed E-state index contributed by atoms with van der Waals surface area (Å²) in [5, 5.41) is 11.0. The molecule has 2 aromatic rings. The highest BCUT2D eigenvalue weighted by molar-refractivity contribution is 8.00. The number of thioether (sulfide) groups is 1. The number of carbonyl (C=O) groups excluding carboxylic acids is 1. The van der Waals surface area contributed by atoms with Gasteiger partial charge in [0, 0.05) is 6.04 Å². The Balaban J connectivity index is 1.69. The van der Waals surface area contributed by atoms with E-state index in [1.165, 1.54) is 22.5 Å². The van der Waals surface area contributed by atoms with Crippen LogP contribution in [0.1, 0.15) is 32.6 Å². The van der Waals surface area contributed by atoms with Crippen molar-refractivity contribution in [3.8, 4) is 11.4 Å². The van der Waals surface area contributed by atoms with Crippen molar-refractivity contribution in [3.05, 3.63) is 30.1 Å². The lowest BCUT2D eigenvalue weighted by molar-refractivity contribution is -0.120. The lowest BCUT2D eigenvalue weighted by Crippen LogP contribution is -2.37. The molecule has 3 rings (SSSR count). The molecule has 1 heterocycles. The summed E-state index contributed by atoms with van der Waals surface area (Å²) in [6.45, 7) is 1.80. The standard InChI is InChI=1S/C16H20FN5OS/c1-10(15(23)19-11-6-2-3-7-11)24-16-21-20-14(22(16)18)12-8-4-5-9-13(12)17/h4-5,8-11H,2-3,6-7,18H2,1H3,(H,19,23)/t10-/m0/s1. The van der Waals surface area contributed by atoms with Gasteiger partial charge in [0.25, 0.3) is 0 Å². The summed E-state index contributed by atoms with van der Waals surface area (Å²) in [4.78, 5) is 12.3. The Kier molecular flexibility index (Phi) is 5.03. The Labute approximate surface area is 144 Å². The molecule has 0 aliphatic heterocycles. The van der Waals surface area contributed by atoms with E-state index < -0.39 is 5.82 Å². The number of benzene rings is 1. The largest absolute Gasteiger partial charge is 0.352 e. The van der Waals surface area contributed by atoms with Gasteiger partial charge in [0.1, 0.15) is 5.82 Å². The molecule has 0 unspecified atom stereocenters. The van der Waals surface area contributed by atoms with Crippen LogP contribution in [0.5, 0.6) is 0 Å². The number of hydrogen-bond donors (Lipinski definition) is 2. The molecule has 1 aliphatic rings. The third-order valence-corrected chi connectivity index (χ3v) is 5.19. The molecule has 0 spiro atoms. The highest BCUT2D eigenvalue weighted by atomic mass is 32.2. The predicted molar refractivity (Wildman–Crippen MR) is 91.3 cm³/mol. The zero-order valence-electron chi connectivity index (χ0n) is 13.4. The van der Waals surface area contributed by atoms with Crippen LogP contribution in [0.3, 0.4) is 0 Å². The first-order chi connectivity index (χ1) is 11.6. The van der Waals surface area contributed by atoms with Crippen LogP contribution in [0.15, 0.2) is 29.4 Å². The van der Waals surface area contributed by atoms with Gasteiger partial charge < -0.3 is 11.2 Å². The highest BCUT2D eigenvalue weighted by Crippen LogP contribution is 2.26. The van der Waals surface area contributed by atoms with Crippen LogP contribution in [-0.4, -0.2) is 32.1 Å². The Morgan fingerprint density at radius 1 is 1.38 bits per heavy atom. The molecule has 24 heavy (non-hydrogen) atoms. The zero-order chi connectivity index (χ0) is 17.1. The second kappa shape index (κ2) is 7.21. The van der Waals surface area contributed by atoms with E-state index in [1.54, 1.807) is 25.1 Å². The van der Waals surface area contributed by atoms with Crippen LogP contribution in [-0.2, 0) is 4.79 Å². The third-order valence-electron chi connectivity index (χ3n) is 4.13. The maximum Gasteiger partial charge on any atom is 0.233 e. The molecule has 1 saturated carbocycles. The molecule has 1 atom stereocenters. The van der Waals surface area contributed by atoms with E-state index in [2.05, 4.69) is 15.5 Å². The molecule has 8 heteroatoms. The van der Waals surface area contributed by atoms with Crippen LogP contribution >= 0.6 is 11.8 Å². The SMILES string of the molecule is C[C@H](Sc1nnc(-c2ccccc2F)n1N)C(=O)NC1CCCC1. The molecular weight excluding hydrogens is 329 g/mol. The number of nitrogens with one attached hydrogen (secondary N) is 1. The third kappa shape index (κ3) is 3.53. The van der Waals surface area contributed by atoms with E-state index in [4.69, 9.17) is 5.84 Å². The van der Waals surface area contributed by atoms with Crippen molar-refractivity contribution in [2.75, 3.05) is 5.84 Å². The summed E-state index contributed by atoms with van der Waals surface area (Å²) in [6.07, 6.45) is 4.40. The molecule has 1 fully saturated rings. The number of amides is 1. The van der Waals surface area contributed by atoms with Crippen molar-refractivity contribution in [2.24, 2.45) is 0 Å². The van der Waals surface area contributed by atoms with Gasteiger partial charge in [0.05, 0.1) is 10.8 Å². The Bertz CT molecular complexity index is 729. The molecule has 0 radical (unpaired) electrons. The number of halogens is 1. The molecule has 1 amide bonds. The van der Waals surface area contributed by atoms with E-state index >= 15 is 0 Å². The second-order valence-electron chi connectivity index (χ2n) is 5.91. The van der Waals surface area contributed by atoms with Gasteiger partial charge in [-0.1, -0.05) is 36.7 Å². The van der Waals surface area contributed by atoms with Crippen molar-refractivity contribution < 1.29 is 9.18 Å². The van der Waals surface area contributed by atoms with Crippen molar-refractivity contribution in [1.29, 1.82) is 0 Å². The summed E-state index contributed by atoms with van der Waals surface area (Å²) in [5.74, 6) is 5.77. The van der Waals surface area contributed by atoms with Gasteiger partial charge in [-0.3, -0.25) is 4.79 Å². The first-order valence-electron chi connectivity index (χ1n) is 7.98. The maximum atomic E-state index is 13.9. The van der Waals surface area contributed by atoms with Gasteiger partial charge in [0.15, 0.2) is 5.82 Å². The fraction of sp³-hybridized carbons (Fsp3) is 0.438. The van der Waals surface area contributed by atoms with E-state index in [1.807, 2.05) is 0 Å². The molecule has 1 aromatic carbocycles. The first-order valence-corrected chi connectivity index (χ1v) is 8.86. The van der Waals surface area contributed by atoms with Crippen molar-refractivity contribution >= 4 is 17.7 Å². The maximum absolute atomic E-state index is 13.9. The topological polar surface area (TPSA) is 85.8 Å². The first kappa shape index (κ1) is 16.8. The Hall–Kier alpha value is -2.09. The van der Waals surface area contributed by atoms with E-state index in [0.717, 1.165) is 25.7 Å². The fourth-order valence-electron chi connectivity index (χ4n) is 2.78. The normalized spacial score (nSPS) is 16.2. The van der Waals surface area contributed by atoms with Crippen molar-refractivity contribution in [2.45, 2.75) is 49.1 Å². The quantitative estimate of drug-likeness (QED) is 0.639. The van der Waals surface area contributed by atoms with E-state index in [9.17, 15) is 9.18 Å².